The predicted molar refractivity (Wildman–Crippen MR) is 302 cm³/mol. The van der Waals surface area contributed by atoms with Gasteiger partial charge in [0.1, 0.15) is 51.4 Å². The first-order chi connectivity index (χ1) is 36.9. The van der Waals surface area contributed by atoms with Gasteiger partial charge in [-0.05, 0) is 109 Å². The van der Waals surface area contributed by atoms with Gasteiger partial charge < -0.3 is 40.8 Å². The van der Waals surface area contributed by atoms with Crippen LogP contribution in [-0.2, 0) is 14.2 Å². The van der Waals surface area contributed by atoms with E-state index in [0.29, 0.717) is 39.9 Å². The zero-order valence-electron chi connectivity index (χ0n) is 44.1. The first-order valence-corrected chi connectivity index (χ1v) is 24.9. The van der Waals surface area contributed by atoms with Crippen molar-refractivity contribution in [2.45, 2.75) is 105 Å². The summed E-state index contributed by atoms with van der Waals surface area (Å²) in [6.45, 7) is 9.05. The molecule has 10 rings (SSSR count). The Labute approximate surface area is 456 Å². The van der Waals surface area contributed by atoms with E-state index in [-0.39, 0.29) is 90.6 Å². The van der Waals surface area contributed by atoms with E-state index in [1.54, 1.807) is 114 Å². The molecule has 8 aromatic heterocycles. The monoisotopic (exact) mass is 1080 g/mol. The van der Waals surface area contributed by atoms with Gasteiger partial charge in [0.05, 0.1) is 60.5 Å². The lowest BCUT2D eigenvalue weighted by Crippen LogP contribution is -2.51. The minimum absolute atomic E-state index is 0. The van der Waals surface area contributed by atoms with Crippen molar-refractivity contribution in [2.75, 3.05) is 49.2 Å². The van der Waals surface area contributed by atoms with Crippen molar-refractivity contribution < 1.29 is 28.6 Å². The summed E-state index contributed by atoms with van der Waals surface area (Å²) in [5.41, 5.74) is 3.26. The number of methoxy groups -OCH3 is 2. The van der Waals surface area contributed by atoms with Crippen LogP contribution in [0.25, 0.3) is 22.7 Å². The van der Waals surface area contributed by atoms with Gasteiger partial charge in [0.25, 0.3) is 22.9 Å². The number of anilines is 6. The third-order valence-electron chi connectivity index (χ3n) is 13.1. The zero-order chi connectivity index (χ0) is 54.7. The van der Waals surface area contributed by atoms with Crippen LogP contribution in [0.3, 0.4) is 0 Å². The SMILES string of the molecule is C.C.CNc1cc(Nc2cccn(-c3ccc(C)nc3)c2=O)nc2c(C(=O)N[C@H]3CC[C@@H]3OC)cnn12.CO[C@H]1CC[C@@H]1NC(=O)c1cnn2c(N(C)C(=O)OC(C)(C)C)cc(Nc3cccn(-c4ccc(C)nc4)c3=O)nc12. The molecule has 3 amide bonds. The number of nitrogens with one attached hydrogen (secondary N) is 5. The van der Waals surface area contributed by atoms with Crippen molar-refractivity contribution in [1.82, 2.24) is 58.9 Å². The summed E-state index contributed by atoms with van der Waals surface area (Å²) in [5.74, 6) is 0.847. The van der Waals surface area contributed by atoms with Gasteiger partial charge in [0, 0.05) is 64.2 Å². The number of carbonyl (C=O) groups excluding carboxylic acids is 3. The Bertz CT molecular complexity index is 3600. The maximum atomic E-state index is 13.4. The van der Waals surface area contributed by atoms with E-state index in [1.165, 1.54) is 38.0 Å². The van der Waals surface area contributed by atoms with Crippen LogP contribution in [0.15, 0.2) is 107 Å². The van der Waals surface area contributed by atoms with Gasteiger partial charge in [-0.25, -0.2) is 14.8 Å². The smallest absolute Gasteiger partial charge is 0.415 e. The molecular weight excluding hydrogens is 1010 g/mol. The fourth-order valence-electron chi connectivity index (χ4n) is 8.59. The molecule has 0 bridgehead atoms. The van der Waals surface area contributed by atoms with E-state index in [1.807, 2.05) is 32.0 Å². The molecule has 8 heterocycles. The molecule has 0 saturated heterocycles. The molecule has 24 heteroatoms. The van der Waals surface area contributed by atoms with Crippen LogP contribution < -0.4 is 42.6 Å². The second-order valence-corrected chi connectivity index (χ2v) is 19.5. The molecule has 0 radical (unpaired) electrons. The van der Waals surface area contributed by atoms with Gasteiger partial charge in [-0.2, -0.15) is 19.2 Å². The molecule has 2 aliphatic carbocycles. The highest BCUT2D eigenvalue weighted by Gasteiger charge is 2.35. The molecule has 24 nitrogen and oxygen atoms in total. The van der Waals surface area contributed by atoms with Crippen LogP contribution in [0.5, 0.6) is 0 Å². The summed E-state index contributed by atoms with van der Waals surface area (Å²) >= 11 is 0. The number of amides is 3. The summed E-state index contributed by atoms with van der Waals surface area (Å²) in [6.07, 6.45) is 12.2. The summed E-state index contributed by atoms with van der Waals surface area (Å²) in [6, 6.07) is 17.2. The number of aryl methyl sites for hydroxylation is 2. The normalized spacial score (nSPS) is 16.4. The van der Waals surface area contributed by atoms with Crippen molar-refractivity contribution in [3.63, 3.8) is 0 Å². The Morgan fingerprint density at radius 3 is 1.54 bits per heavy atom. The lowest BCUT2D eigenvalue weighted by Gasteiger charge is -2.35. The topological polar surface area (TPSA) is 272 Å². The quantitative estimate of drug-likeness (QED) is 0.0723. The largest absolute Gasteiger partial charge is 0.443 e. The van der Waals surface area contributed by atoms with E-state index in [9.17, 15) is 24.0 Å². The summed E-state index contributed by atoms with van der Waals surface area (Å²) in [5, 5.41) is 23.9. The lowest BCUT2D eigenvalue weighted by atomic mass is 9.89. The van der Waals surface area contributed by atoms with Gasteiger partial charge in [-0.1, -0.05) is 14.9 Å². The van der Waals surface area contributed by atoms with Crippen LogP contribution in [0, 0.1) is 13.8 Å². The summed E-state index contributed by atoms with van der Waals surface area (Å²) in [7, 11) is 6.54. The molecule has 416 valence electrons. The number of ether oxygens (including phenoxy) is 3. The van der Waals surface area contributed by atoms with Crippen LogP contribution in [0.1, 0.15) is 93.4 Å². The van der Waals surface area contributed by atoms with Gasteiger partial charge >= 0.3 is 6.09 Å². The Balaban J connectivity index is 0.000000226. The molecule has 0 aliphatic heterocycles. The van der Waals surface area contributed by atoms with Crippen molar-refractivity contribution in [1.29, 1.82) is 0 Å². The summed E-state index contributed by atoms with van der Waals surface area (Å²) < 4.78 is 22.3. The van der Waals surface area contributed by atoms with Crippen LogP contribution in [0.4, 0.5) is 39.4 Å². The van der Waals surface area contributed by atoms with Gasteiger partial charge in [0.15, 0.2) is 11.3 Å². The number of nitrogens with zero attached hydrogens (tertiary/aromatic N) is 11. The highest BCUT2D eigenvalue weighted by atomic mass is 16.6. The Morgan fingerprint density at radius 2 is 1.13 bits per heavy atom. The zero-order valence-corrected chi connectivity index (χ0v) is 44.1. The van der Waals surface area contributed by atoms with E-state index < -0.39 is 11.7 Å². The molecule has 0 unspecified atom stereocenters. The lowest BCUT2D eigenvalue weighted by molar-refractivity contribution is 0.00731. The van der Waals surface area contributed by atoms with Crippen LogP contribution >= 0.6 is 0 Å². The second kappa shape index (κ2) is 24.1. The molecule has 2 saturated carbocycles. The van der Waals surface area contributed by atoms with E-state index in [0.717, 1.165) is 37.1 Å². The minimum atomic E-state index is -0.742. The molecule has 2 fully saturated rings. The van der Waals surface area contributed by atoms with Gasteiger partial charge in [-0.3, -0.25) is 43.2 Å². The minimum Gasteiger partial charge on any atom is -0.443 e. The third kappa shape index (κ3) is 12.4. The fraction of sp³-hybridized carbons (Fsp3) is 0.364. The molecule has 2 aliphatic rings. The fourth-order valence-corrected chi connectivity index (χ4v) is 8.59. The molecule has 8 aromatic rings. The number of carbonyl (C=O) groups is 3. The average molecular weight is 1080 g/mol. The Morgan fingerprint density at radius 1 is 0.658 bits per heavy atom. The van der Waals surface area contributed by atoms with Crippen molar-refractivity contribution in [2.24, 2.45) is 0 Å². The van der Waals surface area contributed by atoms with E-state index in [4.69, 9.17) is 14.2 Å². The number of pyridine rings is 4. The van der Waals surface area contributed by atoms with E-state index in [2.05, 4.69) is 56.7 Å². The first-order valence-electron chi connectivity index (χ1n) is 24.9. The third-order valence-corrected chi connectivity index (χ3v) is 13.1. The summed E-state index contributed by atoms with van der Waals surface area (Å²) in [4.78, 5) is 84.9. The number of hydrogen-bond acceptors (Lipinski definition) is 17. The number of aromatic nitrogens is 10. The van der Waals surface area contributed by atoms with Crippen molar-refractivity contribution >= 4 is 63.8 Å². The maximum absolute atomic E-state index is 13.4. The number of fused-ring (bicyclic) bond motifs is 2. The molecule has 0 spiro atoms. The maximum Gasteiger partial charge on any atom is 0.415 e. The second-order valence-electron chi connectivity index (χ2n) is 19.5. The highest BCUT2D eigenvalue weighted by Crippen LogP contribution is 2.28. The standard InChI is InChI=1S/C29H34N8O5.C24H26N8O3.2CH4/c1-17-9-10-18(15-30-17)36-13-7-8-21(27(36)39)32-23-14-24(35(5)28(40)42-29(2,3)4)37-25(34-23)19(16-31-37)26(38)33-20-11-12-22(20)41-6;1-14-6-7-15(12-26-14)31-10-4-5-18(24(31)34)28-20-11-21(25-2)32-22(30-20)16(13-27-32)23(33)29-17-8-9-19(17)35-3;;/h7-10,13-16,20,22H,11-12H2,1-6H3,(H,32,34)(H,33,38);4-7,10-13,17,19,25H,8-9H2,1-3H3,(H,28,30)(H,29,33);2*1H4/t20-,22-;17-,19-;;/m00../s1. The van der Waals surface area contributed by atoms with Crippen LogP contribution in [-0.4, -0.2) is 124 Å². The molecule has 4 atom stereocenters. The molecular formula is C55H68N16O8. The van der Waals surface area contributed by atoms with Crippen molar-refractivity contribution in [3.8, 4) is 11.4 Å². The van der Waals surface area contributed by atoms with E-state index >= 15 is 0 Å². The first kappa shape index (κ1) is 57.7. The predicted octanol–water partition coefficient (Wildman–Crippen LogP) is 7.15. The Hall–Kier alpha value is -9.03. The molecule has 5 N–H and O–H groups in total. The average Bonchev–Trinajstić information content (AvgIpc) is 4.10. The van der Waals surface area contributed by atoms with Crippen molar-refractivity contribution in [3.05, 3.63) is 141 Å². The number of rotatable bonds is 14. The Kier molecular flexibility index (Phi) is 17.6. The van der Waals surface area contributed by atoms with Crippen LogP contribution in [0.2, 0.25) is 0 Å². The highest BCUT2D eigenvalue weighted by molar-refractivity contribution is 6.01. The van der Waals surface area contributed by atoms with Gasteiger partial charge in [-0.15, -0.1) is 0 Å². The van der Waals surface area contributed by atoms with Gasteiger partial charge in [0.2, 0.25) is 0 Å². The molecule has 0 aromatic carbocycles. The number of hydrogen-bond donors (Lipinski definition) is 5. The molecule has 79 heavy (non-hydrogen) atoms.